The van der Waals surface area contributed by atoms with Gasteiger partial charge in [0, 0.05) is 24.6 Å². The molecule has 1 aliphatic rings. The van der Waals surface area contributed by atoms with Crippen LogP contribution in [0.4, 0.5) is 13.2 Å². The third kappa shape index (κ3) is 4.42. The number of hydrogen-bond acceptors (Lipinski definition) is 4. The van der Waals surface area contributed by atoms with E-state index in [1.54, 1.807) is 0 Å². The predicted octanol–water partition coefficient (Wildman–Crippen LogP) is 0.637. The molecule has 2 atom stereocenters. The lowest BCUT2D eigenvalue weighted by Crippen LogP contribution is -2.42. The molecule has 1 amide bonds. The first-order valence-corrected chi connectivity index (χ1v) is 6.86. The molecule has 6 nitrogen and oxygen atoms in total. The lowest BCUT2D eigenvalue weighted by atomic mass is 10.0. The zero-order valence-corrected chi connectivity index (χ0v) is 12.0. The molecule has 0 radical (unpaired) electrons. The van der Waals surface area contributed by atoms with E-state index >= 15 is 0 Å². The van der Waals surface area contributed by atoms with E-state index in [2.05, 4.69) is 10.6 Å². The van der Waals surface area contributed by atoms with E-state index in [1.165, 1.54) is 6.07 Å². The molecule has 1 saturated heterocycles. The van der Waals surface area contributed by atoms with Crippen LogP contribution in [-0.4, -0.2) is 42.0 Å². The van der Waals surface area contributed by atoms with Crippen molar-refractivity contribution in [3.63, 3.8) is 0 Å². The summed E-state index contributed by atoms with van der Waals surface area (Å²) >= 11 is 0. The minimum absolute atomic E-state index is 0.0883. The van der Waals surface area contributed by atoms with Crippen LogP contribution in [-0.2, 0) is 4.79 Å². The zero-order chi connectivity index (χ0) is 17.2. The van der Waals surface area contributed by atoms with Gasteiger partial charge in [0.15, 0.2) is 0 Å². The van der Waals surface area contributed by atoms with E-state index in [1.807, 2.05) is 0 Å². The highest BCUT2D eigenvalue weighted by Gasteiger charge is 2.40. The molecule has 0 aromatic heterocycles. The van der Waals surface area contributed by atoms with Gasteiger partial charge in [0.1, 0.15) is 11.9 Å². The molecule has 2 rings (SSSR count). The summed E-state index contributed by atoms with van der Waals surface area (Å²) in [5, 5.41) is 13.5. The minimum Gasteiger partial charge on any atom is -0.480 e. The number of alkyl halides is 2. The quantitative estimate of drug-likeness (QED) is 0.634. The van der Waals surface area contributed by atoms with Crippen molar-refractivity contribution < 1.29 is 27.9 Å². The maximum Gasteiger partial charge on any atom is 0.322 e. The molecule has 1 aromatic rings. The largest absolute Gasteiger partial charge is 0.480 e. The standard InChI is InChI=1S/C14H16F3N3O3/c15-9-2-7(11-4-14(16,17)6-20-11)1-8(3-9)12(21)19-5-10(18)13(22)23/h1-3,10-11,20H,4-6,18H2,(H,19,21)(H,22,23)/t10-,11?/m1/s1. The fourth-order valence-electron chi connectivity index (χ4n) is 2.29. The van der Waals surface area contributed by atoms with Crippen LogP contribution in [0.25, 0.3) is 0 Å². The van der Waals surface area contributed by atoms with Gasteiger partial charge >= 0.3 is 5.97 Å². The predicted molar refractivity (Wildman–Crippen MR) is 74.7 cm³/mol. The molecule has 1 heterocycles. The number of carbonyl (C=O) groups is 2. The van der Waals surface area contributed by atoms with Gasteiger partial charge in [0.25, 0.3) is 11.8 Å². The molecule has 126 valence electrons. The Kier molecular flexibility index (Phi) is 4.90. The third-order valence-electron chi connectivity index (χ3n) is 3.49. The number of carbonyl (C=O) groups excluding carboxylic acids is 1. The lowest BCUT2D eigenvalue weighted by Gasteiger charge is -2.13. The van der Waals surface area contributed by atoms with Crippen molar-refractivity contribution in [2.75, 3.05) is 13.1 Å². The molecule has 9 heteroatoms. The summed E-state index contributed by atoms with van der Waals surface area (Å²) in [6.45, 7) is -0.844. The van der Waals surface area contributed by atoms with Gasteiger partial charge in [-0.25, -0.2) is 13.2 Å². The van der Waals surface area contributed by atoms with Gasteiger partial charge in [0.05, 0.1) is 6.54 Å². The second kappa shape index (κ2) is 6.55. The summed E-state index contributed by atoms with van der Waals surface area (Å²) in [7, 11) is 0. The van der Waals surface area contributed by atoms with Crippen LogP contribution in [0.3, 0.4) is 0 Å². The van der Waals surface area contributed by atoms with Gasteiger partial charge in [-0.3, -0.25) is 9.59 Å². The minimum atomic E-state index is -2.88. The Hall–Kier alpha value is -2.13. The molecule has 1 fully saturated rings. The average molecular weight is 331 g/mol. The summed E-state index contributed by atoms with van der Waals surface area (Å²) in [6.07, 6.45) is -0.485. The van der Waals surface area contributed by atoms with E-state index in [-0.39, 0.29) is 17.7 Å². The van der Waals surface area contributed by atoms with Gasteiger partial charge in [0.2, 0.25) is 0 Å². The van der Waals surface area contributed by atoms with Gasteiger partial charge in [-0.1, -0.05) is 0 Å². The average Bonchev–Trinajstić information content (AvgIpc) is 2.83. The Morgan fingerprint density at radius 3 is 2.70 bits per heavy atom. The number of nitrogens with two attached hydrogens (primary N) is 1. The highest BCUT2D eigenvalue weighted by Crippen LogP contribution is 2.34. The molecule has 0 spiro atoms. The second-order valence-corrected chi connectivity index (χ2v) is 5.42. The molecule has 23 heavy (non-hydrogen) atoms. The van der Waals surface area contributed by atoms with E-state index in [4.69, 9.17) is 10.8 Å². The zero-order valence-electron chi connectivity index (χ0n) is 12.0. The molecule has 0 bridgehead atoms. The fraction of sp³-hybridized carbons (Fsp3) is 0.429. The van der Waals surface area contributed by atoms with Crippen LogP contribution in [0.1, 0.15) is 28.4 Å². The molecule has 0 saturated carbocycles. The van der Waals surface area contributed by atoms with Crippen LogP contribution < -0.4 is 16.4 Å². The Balaban J connectivity index is 2.11. The Bertz CT molecular complexity index is 625. The second-order valence-electron chi connectivity index (χ2n) is 5.42. The number of nitrogens with one attached hydrogen (secondary N) is 2. The summed E-state index contributed by atoms with van der Waals surface area (Å²) < 4.78 is 40.1. The van der Waals surface area contributed by atoms with Crippen molar-refractivity contribution in [2.24, 2.45) is 5.73 Å². The first-order chi connectivity index (χ1) is 10.7. The van der Waals surface area contributed by atoms with Crippen molar-refractivity contribution in [2.45, 2.75) is 24.4 Å². The maximum absolute atomic E-state index is 13.6. The van der Waals surface area contributed by atoms with Crippen molar-refractivity contribution in [3.8, 4) is 0 Å². The summed E-state index contributed by atoms with van der Waals surface area (Å²) in [6, 6.07) is 1.27. The first-order valence-electron chi connectivity index (χ1n) is 6.86. The number of aliphatic carboxylic acids is 1. The van der Waals surface area contributed by atoms with E-state index in [0.29, 0.717) is 0 Å². The molecule has 0 aliphatic carbocycles. The number of rotatable bonds is 5. The molecule has 1 unspecified atom stereocenters. The molecular formula is C14H16F3N3O3. The van der Waals surface area contributed by atoms with E-state index in [9.17, 15) is 22.8 Å². The number of carboxylic acid groups (broad SMARTS) is 1. The summed E-state index contributed by atoms with van der Waals surface area (Å²) in [4.78, 5) is 22.5. The number of hydrogen-bond donors (Lipinski definition) is 4. The van der Waals surface area contributed by atoms with Crippen molar-refractivity contribution in [1.29, 1.82) is 0 Å². The maximum atomic E-state index is 13.6. The Morgan fingerprint density at radius 2 is 2.13 bits per heavy atom. The lowest BCUT2D eigenvalue weighted by molar-refractivity contribution is -0.138. The van der Waals surface area contributed by atoms with Crippen LogP contribution in [0.5, 0.6) is 0 Å². The summed E-state index contributed by atoms with van der Waals surface area (Å²) in [5.74, 6) is -5.64. The van der Waals surface area contributed by atoms with Crippen molar-refractivity contribution in [1.82, 2.24) is 10.6 Å². The highest BCUT2D eigenvalue weighted by atomic mass is 19.3. The highest BCUT2D eigenvalue weighted by molar-refractivity contribution is 5.94. The molecule has 1 aliphatic heterocycles. The number of halogens is 3. The fourth-order valence-corrected chi connectivity index (χ4v) is 2.29. The van der Waals surface area contributed by atoms with Crippen LogP contribution >= 0.6 is 0 Å². The van der Waals surface area contributed by atoms with E-state index in [0.717, 1.165) is 12.1 Å². The number of benzene rings is 1. The van der Waals surface area contributed by atoms with Crippen LogP contribution in [0, 0.1) is 5.82 Å². The normalized spacial score (nSPS) is 21.0. The monoisotopic (exact) mass is 331 g/mol. The number of carboxylic acids is 1. The van der Waals surface area contributed by atoms with Crippen molar-refractivity contribution in [3.05, 3.63) is 35.1 Å². The Morgan fingerprint density at radius 1 is 1.43 bits per heavy atom. The van der Waals surface area contributed by atoms with Crippen LogP contribution in [0.15, 0.2) is 18.2 Å². The van der Waals surface area contributed by atoms with Crippen molar-refractivity contribution >= 4 is 11.9 Å². The Labute approximate surface area is 129 Å². The smallest absolute Gasteiger partial charge is 0.322 e. The third-order valence-corrected chi connectivity index (χ3v) is 3.49. The molecule has 1 aromatic carbocycles. The van der Waals surface area contributed by atoms with Gasteiger partial charge in [-0.2, -0.15) is 0 Å². The molecule has 5 N–H and O–H groups in total. The van der Waals surface area contributed by atoms with Crippen LogP contribution in [0.2, 0.25) is 0 Å². The first kappa shape index (κ1) is 17.2. The topological polar surface area (TPSA) is 104 Å². The summed E-state index contributed by atoms with van der Waals surface area (Å²) in [5.41, 5.74) is 5.39. The van der Waals surface area contributed by atoms with Gasteiger partial charge in [-0.15, -0.1) is 0 Å². The van der Waals surface area contributed by atoms with E-state index < -0.39 is 48.7 Å². The number of amides is 1. The van der Waals surface area contributed by atoms with Gasteiger partial charge < -0.3 is 21.5 Å². The van der Waals surface area contributed by atoms with Gasteiger partial charge in [-0.05, 0) is 23.8 Å². The molecular weight excluding hydrogens is 315 g/mol. The SMILES string of the molecule is N[C@H](CNC(=O)c1cc(F)cc(C2CC(F)(F)CN2)c1)C(=O)O.